The van der Waals surface area contributed by atoms with Crippen LogP contribution in [0.1, 0.15) is 17.2 Å². The van der Waals surface area contributed by atoms with Crippen LogP contribution in [-0.4, -0.2) is 37.0 Å². The molecule has 0 radical (unpaired) electrons. The molecular weight excluding hydrogens is 358 g/mol. The van der Waals surface area contributed by atoms with Gasteiger partial charge in [0.2, 0.25) is 5.91 Å². The number of piperazine rings is 1. The zero-order chi connectivity index (χ0) is 20.1. The molecule has 0 aliphatic carbocycles. The lowest BCUT2D eigenvalue weighted by Gasteiger charge is -2.39. The summed E-state index contributed by atoms with van der Waals surface area (Å²) in [7, 11) is 0. The third-order valence-electron chi connectivity index (χ3n) is 5.48. The highest BCUT2D eigenvalue weighted by atomic mass is 16.2. The van der Waals surface area contributed by atoms with Crippen molar-refractivity contribution < 1.29 is 4.79 Å². The third-order valence-corrected chi connectivity index (χ3v) is 5.48. The first-order valence-electron chi connectivity index (χ1n) is 10.2. The van der Waals surface area contributed by atoms with E-state index >= 15 is 0 Å². The minimum Gasteiger partial charge on any atom is -0.369 e. The number of benzene rings is 3. The minimum atomic E-state index is -0.296. The number of hydrogen-bond acceptors (Lipinski definition) is 3. The van der Waals surface area contributed by atoms with Gasteiger partial charge in [0.05, 0.1) is 0 Å². The molecule has 1 aliphatic rings. The van der Waals surface area contributed by atoms with Gasteiger partial charge in [-0.2, -0.15) is 0 Å². The van der Waals surface area contributed by atoms with Crippen LogP contribution in [0, 0.1) is 6.92 Å². The smallest absolute Gasteiger partial charge is 0.246 e. The number of carbonyl (C=O) groups excluding carboxylic acids is 1. The van der Waals surface area contributed by atoms with E-state index in [0.29, 0.717) is 0 Å². The molecule has 0 bridgehead atoms. The quantitative estimate of drug-likeness (QED) is 0.703. The Morgan fingerprint density at radius 2 is 1.38 bits per heavy atom. The first-order chi connectivity index (χ1) is 14.2. The molecule has 0 spiro atoms. The second-order valence-electron chi connectivity index (χ2n) is 7.53. The lowest BCUT2D eigenvalue weighted by Crippen LogP contribution is -2.50. The Kier molecular flexibility index (Phi) is 5.92. The van der Waals surface area contributed by atoms with Crippen molar-refractivity contribution in [3.05, 3.63) is 96.1 Å². The average Bonchev–Trinajstić information content (AvgIpc) is 2.77. The molecule has 0 aromatic heterocycles. The van der Waals surface area contributed by atoms with E-state index in [9.17, 15) is 4.79 Å². The fraction of sp³-hybridized carbons (Fsp3) is 0.240. The second-order valence-corrected chi connectivity index (χ2v) is 7.53. The van der Waals surface area contributed by atoms with E-state index in [1.807, 2.05) is 67.6 Å². The van der Waals surface area contributed by atoms with E-state index in [2.05, 4.69) is 39.4 Å². The lowest BCUT2D eigenvalue weighted by atomic mass is 10.0. The summed E-state index contributed by atoms with van der Waals surface area (Å²) in [6.07, 6.45) is 0. The number of hydrogen-bond donors (Lipinski definition) is 1. The number of amides is 1. The Hall–Kier alpha value is -3.11. The van der Waals surface area contributed by atoms with Crippen LogP contribution in [0.25, 0.3) is 0 Å². The van der Waals surface area contributed by atoms with Crippen LogP contribution in [0.5, 0.6) is 0 Å². The molecule has 1 N–H and O–H groups in total. The number of nitrogens with one attached hydrogen (secondary N) is 1. The van der Waals surface area contributed by atoms with Crippen molar-refractivity contribution in [1.29, 1.82) is 0 Å². The predicted molar refractivity (Wildman–Crippen MR) is 119 cm³/mol. The Morgan fingerprint density at radius 1 is 0.793 bits per heavy atom. The molecule has 1 heterocycles. The molecule has 0 saturated carbocycles. The van der Waals surface area contributed by atoms with Gasteiger partial charge in [-0.05, 0) is 36.8 Å². The SMILES string of the molecule is Cc1ccc(NC(=O)C(c2ccccc2)N2CCN(c3ccccc3)CC2)cc1. The largest absolute Gasteiger partial charge is 0.369 e. The molecule has 3 aromatic rings. The normalized spacial score (nSPS) is 15.7. The van der Waals surface area contributed by atoms with E-state index in [1.54, 1.807) is 0 Å². The molecule has 4 rings (SSSR count). The van der Waals surface area contributed by atoms with Gasteiger partial charge in [0, 0.05) is 37.6 Å². The van der Waals surface area contributed by atoms with Crippen LogP contribution < -0.4 is 10.2 Å². The minimum absolute atomic E-state index is 0.0215. The van der Waals surface area contributed by atoms with Crippen LogP contribution in [0.4, 0.5) is 11.4 Å². The average molecular weight is 386 g/mol. The summed E-state index contributed by atoms with van der Waals surface area (Å²) in [6, 6.07) is 28.2. The monoisotopic (exact) mass is 385 g/mol. The van der Waals surface area contributed by atoms with Gasteiger partial charge in [-0.25, -0.2) is 0 Å². The van der Waals surface area contributed by atoms with Gasteiger partial charge in [-0.1, -0.05) is 66.2 Å². The van der Waals surface area contributed by atoms with E-state index in [-0.39, 0.29) is 11.9 Å². The van der Waals surface area contributed by atoms with E-state index < -0.39 is 0 Å². The van der Waals surface area contributed by atoms with Gasteiger partial charge < -0.3 is 10.2 Å². The summed E-state index contributed by atoms with van der Waals surface area (Å²) in [4.78, 5) is 18.0. The van der Waals surface area contributed by atoms with Gasteiger partial charge in [0.1, 0.15) is 6.04 Å². The van der Waals surface area contributed by atoms with Crippen molar-refractivity contribution >= 4 is 17.3 Å². The van der Waals surface area contributed by atoms with Crippen LogP contribution >= 0.6 is 0 Å². The highest BCUT2D eigenvalue weighted by molar-refractivity contribution is 5.95. The molecular formula is C25H27N3O. The highest BCUT2D eigenvalue weighted by Gasteiger charge is 2.30. The third kappa shape index (κ3) is 4.66. The molecule has 4 heteroatoms. The first kappa shape index (κ1) is 19.2. The van der Waals surface area contributed by atoms with Gasteiger partial charge in [0.15, 0.2) is 0 Å². The van der Waals surface area contributed by atoms with E-state index in [1.165, 1.54) is 11.3 Å². The molecule has 1 unspecified atom stereocenters. The molecule has 1 saturated heterocycles. The van der Waals surface area contributed by atoms with Gasteiger partial charge in [-0.15, -0.1) is 0 Å². The maximum atomic E-state index is 13.3. The summed E-state index contributed by atoms with van der Waals surface area (Å²) in [5.41, 5.74) is 4.29. The van der Waals surface area contributed by atoms with Crippen molar-refractivity contribution in [1.82, 2.24) is 4.90 Å². The topological polar surface area (TPSA) is 35.6 Å². The number of rotatable bonds is 5. The molecule has 3 aromatic carbocycles. The standard InChI is InChI=1S/C25H27N3O/c1-20-12-14-22(15-13-20)26-25(29)24(21-8-4-2-5-9-21)28-18-16-27(17-19-28)23-10-6-3-7-11-23/h2-15,24H,16-19H2,1H3,(H,26,29). The van der Waals surface area contributed by atoms with Crippen molar-refractivity contribution in [3.8, 4) is 0 Å². The molecule has 1 atom stereocenters. The molecule has 1 amide bonds. The molecule has 148 valence electrons. The van der Waals surface area contributed by atoms with Gasteiger partial charge in [0.25, 0.3) is 0 Å². The number of nitrogens with zero attached hydrogens (tertiary/aromatic N) is 2. The summed E-state index contributed by atoms with van der Waals surface area (Å²) >= 11 is 0. The van der Waals surface area contributed by atoms with Gasteiger partial charge >= 0.3 is 0 Å². The summed E-state index contributed by atoms with van der Waals surface area (Å²) in [5, 5.41) is 3.11. The zero-order valence-electron chi connectivity index (χ0n) is 16.8. The zero-order valence-corrected chi connectivity index (χ0v) is 16.8. The number of para-hydroxylation sites is 1. The maximum Gasteiger partial charge on any atom is 0.246 e. The molecule has 1 aliphatic heterocycles. The number of anilines is 2. The maximum absolute atomic E-state index is 13.3. The van der Waals surface area contributed by atoms with Crippen LogP contribution in [-0.2, 0) is 4.79 Å². The number of aryl methyl sites for hydroxylation is 1. The Labute approximate surface area is 172 Å². The predicted octanol–water partition coefficient (Wildman–Crippen LogP) is 4.50. The summed E-state index contributed by atoms with van der Waals surface area (Å²) < 4.78 is 0. The van der Waals surface area contributed by atoms with E-state index in [0.717, 1.165) is 37.4 Å². The number of carbonyl (C=O) groups is 1. The van der Waals surface area contributed by atoms with Crippen LogP contribution in [0.3, 0.4) is 0 Å². The molecule has 29 heavy (non-hydrogen) atoms. The fourth-order valence-electron chi connectivity index (χ4n) is 3.89. The summed E-state index contributed by atoms with van der Waals surface area (Å²) in [5.74, 6) is 0.0215. The van der Waals surface area contributed by atoms with Crippen molar-refractivity contribution in [2.45, 2.75) is 13.0 Å². The van der Waals surface area contributed by atoms with Crippen LogP contribution in [0.2, 0.25) is 0 Å². The lowest BCUT2D eigenvalue weighted by molar-refractivity contribution is -0.121. The van der Waals surface area contributed by atoms with Crippen molar-refractivity contribution in [2.75, 3.05) is 36.4 Å². The first-order valence-corrected chi connectivity index (χ1v) is 10.2. The Morgan fingerprint density at radius 3 is 2.00 bits per heavy atom. The Bertz CT molecular complexity index is 917. The van der Waals surface area contributed by atoms with Crippen molar-refractivity contribution in [2.24, 2.45) is 0 Å². The Balaban J connectivity index is 1.51. The molecule has 4 nitrogen and oxygen atoms in total. The van der Waals surface area contributed by atoms with E-state index in [4.69, 9.17) is 0 Å². The molecule has 1 fully saturated rings. The fourth-order valence-corrected chi connectivity index (χ4v) is 3.89. The second kappa shape index (κ2) is 8.93. The van der Waals surface area contributed by atoms with Crippen molar-refractivity contribution in [3.63, 3.8) is 0 Å². The highest BCUT2D eigenvalue weighted by Crippen LogP contribution is 2.26. The van der Waals surface area contributed by atoms with Crippen LogP contribution in [0.15, 0.2) is 84.9 Å². The summed E-state index contributed by atoms with van der Waals surface area (Å²) in [6.45, 7) is 5.55. The van der Waals surface area contributed by atoms with Gasteiger partial charge in [-0.3, -0.25) is 9.69 Å².